The Morgan fingerprint density at radius 1 is 0.234 bits per heavy atom. The largest absolute Gasteiger partial charge is 0.315 e. The van der Waals surface area contributed by atoms with Gasteiger partial charge in [0.05, 0.1) is 22.8 Å². The second kappa shape index (κ2) is 14.9. The summed E-state index contributed by atoms with van der Waals surface area (Å²) in [4.78, 5) is 0. The lowest BCUT2D eigenvalue weighted by Gasteiger charge is -2.13. The molecule has 0 saturated heterocycles. The first kappa shape index (κ1) is 36.7. The van der Waals surface area contributed by atoms with Crippen molar-refractivity contribution in [2.45, 2.75) is 0 Å². The van der Waals surface area contributed by atoms with Crippen LogP contribution < -0.4 is 0 Å². The van der Waals surface area contributed by atoms with Gasteiger partial charge in [0.25, 0.3) is 0 Å². The van der Waals surface area contributed by atoms with Gasteiger partial charge in [-0.3, -0.25) is 0 Å². The van der Waals surface area contributed by atoms with E-state index < -0.39 is 0 Å². The van der Waals surface area contributed by atoms with Gasteiger partial charge in [-0.25, -0.2) is 0 Å². The molecule has 6 heteroatoms. The summed E-state index contributed by atoms with van der Waals surface area (Å²) in [5.41, 5.74) is 14.1. The van der Waals surface area contributed by atoms with Crippen molar-refractivity contribution in [2.24, 2.45) is 0 Å². The van der Waals surface area contributed by atoms with Crippen LogP contribution in [0.4, 0.5) is 0 Å². The molecule has 13 aromatic rings. The van der Waals surface area contributed by atoms with Gasteiger partial charge in [0.1, 0.15) is 0 Å². The average molecular weight is 855 g/mol. The highest BCUT2D eigenvalue weighted by atomic mass is 32.1. The molecule has 302 valence electrons. The fourth-order valence-electron chi connectivity index (χ4n) is 9.50. The van der Waals surface area contributed by atoms with Crippen molar-refractivity contribution in [3.05, 3.63) is 231 Å². The SMILES string of the molecule is c1ccc(-n2cccc2-c2cccn2-c2ccc3sc4ccc(-c5cccc(-c6ccc7sc8ccc(-n9cccc9-c9cccn9-c9ccccc9)cc8c7c6)c5)cc4c3c2)cc1. The van der Waals surface area contributed by atoms with Crippen LogP contribution >= 0.6 is 22.7 Å². The molecular formula is C58H38N4S2. The summed E-state index contributed by atoms with van der Waals surface area (Å²) in [5.74, 6) is 0. The Hall–Kier alpha value is -7.90. The first-order chi connectivity index (χ1) is 31.7. The van der Waals surface area contributed by atoms with E-state index >= 15 is 0 Å². The van der Waals surface area contributed by atoms with E-state index in [1.54, 1.807) is 0 Å². The van der Waals surface area contributed by atoms with E-state index in [1.165, 1.54) is 62.6 Å². The quantitative estimate of drug-likeness (QED) is 0.145. The highest BCUT2D eigenvalue weighted by molar-refractivity contribution is 7.26. The van der Waals surface area contributed by atoms with Crippen LogP contribution in [0.5, 0.6) is 0 Å². The van der Waals surface area contributed by atoms with Gasteiger partial charge in [-0.2, -0.15) is 0 Å². The molecule has 6 aromatic heterocycles. The summed E-state index contributed by atoms with van der Waals surface area (Å²) in [6.07, 6.45) is 8.62. The van der Waals surface area contributed by atoms with Crippen LogP contribution in [-0.4, -0.2) is 18.3 Å². The Labute approximate surface area is 378 Å². The van der Waals surface area contributed by atoms with Gasteiger partial charge in [-0.05, 0) is 162 Å². The molecule has 0 fully saturated rings. The topological polar surface area (TPSA) is 19.7 Å². The van der Waals surface area contributed by atoms with E-state index in [9.17, 15) is 0 Å². The third-order valence-electron chi connectivity index (χ3n) is 12.6. The maximum absolute atomic E-state index is 2.39. The minimum atomic E-state index is 1.15. The molecule has 0 amide bonds. The van der Waals surface area contributed by atoms with Crippen molar-refractivity contribution in [3.63, 3.8) is 0 Å². The van der Waals surface area contributed by atoms with Crippen LogP contribution in [0.3, 0.4) is 0 Å². The monoisotopic (exact) mass is 854 g/mol. The number of aromatic nitrogens is 4. The predicted molar refractivity (Wildman–Crippen MR) is 271 cm³/mol. The van der Waals surface area contributed by atoms with E-state index in [-0.39, 0.29) is 0 Å². The summed E-state index contributed by atoms with van der Waals surface area (Å²) >= 11 is 3.72. The minimum absolute atomic E-state index is 1.15. The van der Waals surface area contributed by atoms with Crippen molar-refractivity contribution < 1.29 is 0 Å². The van der Waals surface area contributed by atoms with Gasteiger partial charge >= 0.3 is 0 Å². The van der Waals surface area contributed by atoms with Crippen molar-refractivity contribution in [2.75, 3.05) is 0 Å². The zero-order valence-electron chi connectivity index (χ0n) is 34.5. The van der Waals surface area contributed by atoms with Crippen LogP contribution in [0.2, 0.25) is 0 Å². The van der Waals surface area contributed by atoms with Crippen molar-refractivity contribution in [1.82, 2.24) is 18.3 Å². The molecule has 0 bridgehead atoms. The molecule has 6 heterocycles. The van der Waals surface area contributed by atoms with Gasteiger partial charge in [-0.1, -0.05) is 66.7 Å². The summed E-state index contributed by atoms with van der Waals surface area (Å²) in [5, 5.41) is 5.12. The van der Waals surface area contributed by atoms with Gasteiger partial charge in [0.2, 0.25) is 0 Å². The summed E-state index contributed by atoms with van der Waals surface area (Å²) in [6.45, 7) is 0. The van der Waals surface area contributed by atoms with E-state index in [1.807, 2.05) is 22.7 Å². The lowest BCUT2D eigenvalue weighted by Crippen LogP contribution is -2.00. The second-order valence-electron chi connectivity index (χ2n) is 16.3. The van der Waals surface area contributed by atoms with Gasteiger partial charge < -0.3 is 18.3 Å². The summed E-state index contributed by atoms with van der Waals surface area (Å²) in [6, 6.07) is 75.2. The number of hydrogen-bond donors (Lipinski definition) is 0. The van der Waals surface area contributed by atoms with Crippen LogP contribution in [-0.2, 0) is 0 Å². The smallest absolute Gasteiger partial charge is 0.0697 e. The van der Waals surface area contributed by atoms with E-state index in [2.05, 4.69) is 249 Å². The molecule has 0 aliphatic heterocycles. The molecule has 0 aliphatic rings. The molecule has 0 saturated carbocycles. The highest BCUT2D eigenvalue weighted by Crippen LogP contribution is 2.41. The lowest BCUT2D eigenvalue weighted by atomic mass is 9.97. The van der Waals surface area contributed by atoms with Crippen LogP contribution in [0, 0.1) is 0 Å². The second-order valence-corrected chi connectivity index (χ2v) is 18.5. The van der Waals surface area contributed by atoms with Crippen LogP contribution in [0.1, 0.15) is 0 Å². The Morgan fingerprint density at radius 3 is 0.984 bits per heavy atom. The number of benzene rings is 7. The maximum Gasteiger partial charge on any atom is 0.0697 e. The fourth-order valence-corrected chi connectivity index (χ4v) is 11.6. The Bertz CT molecular complexity index is 3600. The number of para-hydroxylation sites is 2. The minimum Gasteiger partial charge on any atom is -0.315 e. The van der Waals surface area contributed by atoms with Crippen molar-refractivity contribution in [1.29, 1.82) is 0 Å². The molecule has 0 radical (unpaired) electrons. The number of rotatable bonds is 8. The first-order valence-corrected chi connectivity index (χ1v) is 23.2. The van der Waals surface area contributed by atoms with Gasteiger partial charge in [0.15, 0.2) is 0 Å². The molecule has 0 spiro atoms. The standard InChI is InChI=1S/C58H38N4S2/c1-3-14-43(15-4-1)59-30-8-18-51(59)53-20-10-32-61(53)45-24-28-57-49(37-45)47-35-41(22-26-55(47)63-57)39-12-7-13-40(34-39)42-23-27-56-48(36-42)50-38-46(25-29-58(50)64-56)62-33-11-21-54(62)52-19-9-31-60(52)44-16-5-2-6-17-44/h1-38H. The first-order valence-electron chi connectivity index (χ1n) is 21.6. The summed E-state index contributed by atoms with van der Waals surface area (Å²) in [7, 11) is 0. The maximum atomic E-state index is 2.39. The van der Waals surface area contributed by atoms with E-state index in [0.29, 0.717) is 0 Å². The predicted octanol–water partition coefficient (Wildman–Crippen LogP) is 16.3. The zero-order valence-corrected chi connectivity index (χ0v) is 36.2. The Balaban J connectivity index is 0.843. The highest BCUT2D eigenvalue weighted by Gasteiger charge is 2.16. The number of fused-ring (bicyclic) bond motifs is 6. The molecule has 7 aromatic carbocycles. The van der Waals surface area contributed by atoms with Crippen LogP contribution in [0.25, 0.3) is 108 Å². The lowest BCUT2D eigenvalue weighted by molar-refractivity contribution is 1.03. The zero-order chi connectivity index (χ0) is 42.1. The molecule has 4 nitrogen and oxygen atoms in total. The van der Waals surface area contributed by atoms with Crippen molar-refractivity contribution in [3.8, 4) is 67.8 Å². The number of nitrogens with zero attached hydrogens (tertiary/aromatic N) is 4. The van der Waals surface area contributed by atoms with Gasteiger partial charge in [0, 0.05) is 87.9 Å². The fraction of sp³-hybridized carbons (Fsp3) is 0. The van der Waals surface area contributed by atoms with Crippen molar-refractivity contribution >= 4 is 63.0 Å². The molecule has 64 heavy (non-hydrogen) atoms. The molecule has 0 unspecified atom stereocenters. The normalized spacial score (nSPS) is 11.8. The molecular weight excluding hydrogens is 817 g/mol. The van der Waals surface area contributed by atoms with Gasteiger partial charge in [-0.15, -0.1) is 22.7 Å². The Morgan fingerprint density at radius 2 is 0.578 bits per heavy atom. The number of thiophene rings is 2. The van der Waals surface area contributed by atoms with Crippen LogP contribution in [0.15, 0.2) is 231 Å². The number of hydrogen-bond acceptors (Lipinski definition) is 2. The molecule has 0 aliphatic carbocycles. The Kier molecular flexibility index (Phi) is 8.54. The third-order valence-corrected chi connectivity index (χ3v) is 14.9. The van der Waals surface area contributed by atoms with E-state index in [0.717, 1.165) is 45.5 Å². The average Bonchev–Trinajstić information content (AvgIpc) is 4.22. The van der Waals surface area contributed by atoms with E-state index in [4.69, 9.17) is 0 Å². The molecule has 0 atom stereocenters. The third kappa shape index (κ3) is 6.10. The molecule has 13 rings (SSSR count). The summed E-state index contributed by atoms with van der Waals surface area (Å²) < 4.78 is 14.3. The molecule has 0 N–H and O–H groups in total.